The number of halogens is 2. The number of carbonyl (C=O) groups excluding carboxylic acids is 2. The van der Waals surface area contributed by atoms with Gasteiger partial charge in [0.2, 0.25) is 11.8 Å². The number of amides is 2. The molecule has 0 aliphatic heterocycles. The summed E-state index contributed by atoms with van der Waals surface area (Å²) in [6.45, 7) is 1.32. The van der Waals surface area contributed by atoms with Gasteiger partial charge in [-0.3, -0.25) is 13.9 Å². The van der Waals surface area contributed by atoms with Gasteiger partial charge < -0.3 is 10.2 Å². The fourth-order valence-electron chi connectivity index (χ4n) is 5.13. The van der Waals surface area contributed by atoms with Gasteiger partial charge in [-0.05, 0) is 67.3 Å². The van der Waals surface area contributed by atoms with E-state index in [-0.39, 0.29) is 23.4 Å². The molecule has 0 heterocycles. The van der Waals surface area contributed by atoms with Crippen molar-refractivity contribution in [3.63, 3.8) is 0 Å². The van der Waals surface area contributed by atoms with Crippen LogP contribution in [-0.2, 0) is 26.2 Å². The highest BCUT2D eigenvalue weighted by Crippen LogP contribution is 2.27. The maximum atomic E-state index is 14.1. The standard InChI is InChI=1S/C31H35BrFN3O4S/c1-2-29(31(38)34-26-11-5-3-6-12-26)35(21-23-16-18-25(33)19-17-23)30(37)22-36(27-13-9-10-24(32)20-27)41(39,40)28-14-7-4-8-15-28/h4,7-10,13-20,26,29H,2-3,5-6,11-12,21-22H2,1H3,(H,34,38)/t29-/m0/s1. The van der Waals surface area contributed by atoms with Crippen molar-refractivity contribution in [2.24, 2.45) is 0 Å². The molecule has 7 nitrogen and oxygen atoms in total. The highest BCUT2D eigenvalue weighted by atomic mass is 79.9. The Morgan fingerprint density at radius 3 is 2.29 bits per heavy atom. The molecule has 218 valence electrons. The third kappa shape index (κ3) is 7.95. The van der Waals surface area contributed by atoms with Crippen molar-refractivity contribution in [2.75, 3.05) is 10.8 Å². The van der Waals surface area contributed by atoms with E-state index in [1.54, 1.807) is 54.6 Å². The number of rotatable bonds is 11. The van der Waals surface area contributed by atoms with Crippen LogP contribution in [0, 0.1) is 5.82 Å². The van der Waals surface area contributed by atoms with E-state index in [4.69, 9.17) is 0 Å². The van der Waals surface area contributed by atoms with Crippen LogP contribution in [0.25, 0.3) is 0 Å². The van der Waals surface area contributed by atoms with Crippen molar-refractivity contribution < 1.29 is 22.4 Å². The zero-order chi connectivity index (χ0) is 29.4. The van der Waals surface area contributed by atoms with E-state index in [1.165, 1.54) is 29.2 Å². The second-order valence-corrected chi connectivity index (χ2v) is 13.0. The van der Waals surface area contributed by atoms with E-state index in [0.29, 0.717) is 22.1 Å². The van der Waals surface area contributed by atoms with Crippen LogP contribution >= 0.6 is 15.9 Å². The average Bonchev–Trinajstić information content (AvgIpc) is 2.97. The summed E-state index contributed by atoms with van der Waals surface area (Å²) in [5.41, 5.74) is 0.932. The van der Waals surface area contributed by atoms with Gasteiger partial charge in [0, 0.05) is 17.1 Å². The zero-order valence-corrected chi connectivity index (χ0v) is 25.4. The molecule has 1 atom stereocenters. The summed E-state index contributed by atoms with van der Waals surface area (Å²) in [6.07, 6.45) is 5.33. The fourth-order valence-corrected chi connectivity index (χ4v) is 6.94. The fraction of sp³-hybridized carbons (Fsp3) is 0.355. The van der Waals surface area contributed by atoms with Gasteiger partial charge in [-0.25, -0.2) is 12.8 Å². The van der Waals surface area contributed by atoms with Gasteiger partial charge in [0.1, 0.15) is 18.4 Å². The minimum Gasteiger partial charge on any atom is -0.352 e. The quantitative estimate of drug-likeness (QED) is 0.276. The molecule has 10 heteroatoms. The number of hydrogen-bond acceptors (Lipinski definition) is 4. The topological polar surface area (TPSA) is 86.8 Å². The lowest BCUT2D eigenvalue weighted by atomic mass is 9.95. The van der Waals surface area contributed by atoms with E-state index in [0.717, 1.165) is 36.4 Å². The summed E-state index contributed by atoms with van der Waals surface area (Å²) in [7, 11) is -4.14. The molecule has 0 spiro atoms. The molecule has 2 amide bonds. The Labute approximate surface area is 249 Å². The van der Waals surface area contributed by atoms with Crippen LogP contribution in [0.4, 0.5) is 10.1 Å². The van der Waals surface area contributed by atoms with Crippen molar-refractivity contribution in [2.45, 2.75) is 69.0 Å². The van der Waals surface area contributed by atoms with Gasteiger partial charge >= 0.3 is 0 Å². The Hall–Kier alpha value is -3.24. The number of nitrogens with one attached hydrogen (secondary N) is 1. The third-order valence-corrected chi connectivity index (χ3v) is 9.59. The summed E-state index contributed by atoms with van der Waals surface area (Å²) < 4.78 is 43.1. The minimum absolute atomic E-state index is 0.0212. The first-order valence-corrected chi connectivity index (χ1v) is 16.1. The molecule has 3 aromatic carbocycles. The van der Waals surface area contributed by atoms with Crippen LogP contribution in [0.3, 0.4) is 0 Å². The van der Waals surface area contributed by atoms with Crippen LogP contribution < -0.4 is 9.62 Å². The first-order valence-electron chi connectivity index (χ1n) is 13.9. The average molecular weight is 645 g/mol. The highest BCUT2D eigenvalue weighted by Gasteiger charge is 2.34. The molecular formula is C31H35BrFN3O4S. The first kappa shape index (κ1) is 30.7. The second kappa shape index (κ2) is 14.1. The smallest absolute Gasteiger partial charge is 0.264 e. The SMILES string of the molecule is CC[C@@H](C(=O)NC1CCCCC1)N(Cc1ccc(F)cc1)C(=O)CN(c1cccc(Br)c1)S(=O)(=O)c1ccccc1. The van der Waals surface area contributed by atoms with Crippen molar-refractivity contribution in [1.29, 1.82) is 0 Å². The molecule has 1 aliphatic rings. The van der Waals surface area contributed by atoms with Gasteiger partial charge in [0.15, 0.2) is 0 Å². The summed E-state index contributed by atoms with van der Waals surface area (Å²) in [4.78, 5) is 29.1. The van der Waals surface area contributed by atoms with Crippen molar-refractivity contribution in [3.8, 4) is 0 Å². The van der Waals surface area contributed by atoms with Gasteiger partial charge in [0.25, 0.3) is 10.0 Å². The predicted molar refractivity (Wildman–Crippen MR) is 161 cm³/mol. The van der Waals surface area contributed by atoms with E-state index >= 15 is 0 Å². The number of sulfonamides is 1. The van der Waals surface area contributed by atoms with Gasteiger partial charge in [0.05, 0.1) is 10.6 Å². The number of benzene rings is 3. The summed E-state index contributed by atoms with van der Waals surface area (Å²) in [5, 5.41) is 3.12. The molecule has 4 rings (SSSR count). The molecular weight excluding hydrogens is 609 g/mol. The van der Waals surface area contributed by atoms with E-state index in [1.807, 2.05) is 6.92 Å². The van der Waals surface area contributed by atoms with Gasteiger partial charge in [-0.2, -0.15) is 0 Å². The first-order chi connectivity index (χ1) is 19.7. The van der Waals surface area contributed by atoms with Crippen LogP contribution in [-0.4, -0.2) is 43.8 Å². The summed E-state index contributed by atoms with van der Waals surface area (Å²) in [5.74, 6) is -1.22. The minimum atomic E-state index is -4.14. The van der Waals surface area contributed by atoms with Gasteiger partial charge in [-0.1, -0.05) is 78.5 Å². The molecule has 3 aromatic rings. The number of nitrogens with zero attached hydrogens (tertiary/aromatic N) is 2. The van der Waals surface area contributed by atoms with Crippen LogP contribution in [0.15, 0.2) is 88.2 Å². The number of anilines is 1. The lowest BCUT2D eigenvalue weighted by Gasteiger charge is -2.34. The van der Waals surface area contributed by atoms with Gasteiger partial charge in [-0.15, -0.1) is 0 Å². The normalized spacial score (nSPS) is 14.7. The molecule has 1 aliphatic carbocycles. The molecule has 1 saturated carbocycles. The van der Waals surface area contributed by atoms with E-state index < -0.39 is 34.3 Å². The molecule has 0 radical (unpaired) electrons. The van der Waals surface area contributed by atoms with Crippen LogP contribution in [0.1, 0.15) is 51.0 Å². The Morgan fingerprint density at radius 1 is 0.976 bits per heavy atom. The summed E-state index contributed by atoms with van der Waals surface area (Å²) >= 11 is 3.40. The lowest BCUT2D eigenvalue weighted by molar-refractivity contribution is -0.140. The molecule has 41 heavy (non-hydrogen) atoms. The molecule has 0 aromatic heterocycles. The highest BCUT2D eigenvalue weighted by molar-refractivity contribution is 9.10. The van der Waals surface area contributed by atoms with Crippen LogP contribution in [0.5, 0.6) is 0 Å². The monoisotopic (exact) mass is 643 g/mol. The zero-order valence-electron chi connectivity index (χ0n) is 23.0. The van der Waals surface area contributed by atoms with Crippen molar-refractivity contribution in [1.82, 2.24) is 10.2 Å². The molecule has 0 saturated heterocycles. The number of hydrogen-bond donors (Lipinski definition) is 1. The predicted octanol–water partition coefficient (Wildman–Crippen LogP) is 6.04. The van der Waals surface area contributed by atoms with E-state index in [2.05, 4.69) is 21.2 Å². The van der Waals surface area contributed by atoms with Crippen molar-refractivity contribution in [3.05, 3.63) is 94.7 Å². The maximum absolute atomic E-state index is 14.1. The number of carbonyl (C=O) groups is 2. The Bertz CT molecular complexity index is 1430. The Morgan fingerprint density at radius 2 is 1.66 bits per heavy atom. The Kier molecular flexibility index (Phi) is 10.6. The maximum Gasteiger partial charge on any atom is 0.264 e. The van der Waals surface area contributed by atoms with Crippen molar-refractivity contribution >= 4 is 43.5 Å². The molecule has 1 fully saturated rings. The second-order valence-electron chi connectivity index (χ2n) is 10.2. The van der Waals surface area contributed by atoms with Crippen LogP contribution in [0.2, 0.25) is 0 Å². The molecule has 0 unspecified atom stereocenters. The third-order valence-electron chi connectivity index (χ3n) is 7.31. The summed E-state index contributed by atoms with van der Waals surface area (Å²) in [6, 6.07) is 19.6. The lowest BCUT2D eigenvalue weighted by Crippen LogP contribution is -2.54. The largest absolute Gasteiger partial charge is 0.352 e. The Balaban J connectivity index is 1.69. The van der Waals surface area contributed by atoms with E-state index in [9.17, 15) is 22.4 Å². The molecule has 0 bridgehead atoms. The molecule has 1 N–H and O–H groups in total.